The molecular weight excluding hydrogens is 272 g/mol. The van der Waals surface area contributed by atoms with E-state index in [1.807, 2.05) is 36.4 Å². The number of hydrogen-bond acceptors (Lipinski definition) is 4. The summed E-state index contributed by atoms with van der Waals surface area (Å²) in [6, 6.07) is 20.6. The minimum atomic E-state index is 0.113. The molecule has 1 aromatic heterocycles. The number of benzene rings is 2. The first-order valence-electron chi connectivity index (χ1n) is 7.36. The Hall–Kier alpha value is -2.88. The molecule has 0 spiro atoms. The Bertz CT molecular complexity index is 707. The van der Waals surface area contributed by atoms with E-state index >= 15 is 0 Å². The van der Waals surface area contributed by atoms with Crippen LogP contribution in [0.3, 0.4) is 0 Å². The Morgan fingerprint density at radius 1 is 0.682 bits per heavy atom. The van der Waals surface area contributed by atoms with Gasteiger partial charge in [0.05, 0.1) is 0 Å². The van der Waals surface area contributed by atoms with Crippen LogP contribution >= 0.6 is 0 Å². The fourth-order valence-corrected chi connectivity index (χ4v) is 2.99. The van der Waals surface area contributed by atoms with Crippen LogP contribution < -0.4 is 9.80 Å². The summed E-state index contributed by atoms with van der Waals surface area (Å²) in [4.78, 5) is 13.6. The Morgan fingerprint density at radius 3 is 1.50 bits per heavy atom. The Kier molecular flexibility index (Phi) is 3.00. The summed E-state index contributed by atoms with van der Waals surface area (Å²) in [7, 11) is 0. The lowest BCUT2D eigenvalue weighted by Crippen LogP contribution is -2.35. The van der Waals surface area contributed by atoms with Crippen LogP contribution in [-0.2, 0) is 0 Å². The van der Waals surface area contributed by atoms with Crippen LogP contribution in [0, 0.1) is 0 Å². The molecule has 4 nitrogen and oxygen atoms in total. The summed E-state index contributed by atoms with van der Waals surface area (Å²) in [5.41, 5.74) is 2.24. The van der Waals surface area contributed by atoms with E-state index in [1.165, 1.54) is 0 Å². The van der Waals surface area contributed by atoms with Crippen LogP contribution in [0.25, 0.3) is 0 Å². The van der Waals surface area contributed by atoms with E-state index in [2.05, 4.69) is 51.0 Å². The van der Waals surface area contributed by atoms with Gasteiger partial charge in [0.2, 0.25) is 0 Å². The molecule has 0 aliphatic carbocycles. The Labute approximate surface area is 129 Å². The van der Waals surface area contributed by atoms with Gasteiger partial charge in [-0.15, -0.1) is 0 Å². The van der Waals surface area contributed by atoms with Crippen molar-refractivity contribution in [1.29, 1.82) is 0 Å². The molecule has 0 saturated carbocycles. The average molecular weight is 288 g/mol. The number of para-hydroxylation sites is 2. The lowest BCUT2D eigenvalue weighted by atomic mass is 10.2. The van der Waals surface area contributed by atoms with Gasteiger partial charge in [-0.05, 0) is 31.2 Å². The molecule has 2 heterocycles. The first-order chi connectivity index (χ1) is 10.9. The summed E-state index contributed by atoms with van der Waals surface area (Å²) in [6.45, 7) is 2.17. The lowest BCUT2D eigenvalue weighted by molar-refractivity contribution is 0.754. The molecule has 22 heavy (non-hydrogen) atoms. The van der Waals surface area contributed by atoms with Crippen LogP contribution in [0.1, 0.15) is 6.92 Å². The molecule has 108 valence electrons. The highest BCUT2D eigenvalue weighted by Gasteiger charge is 2.36. The van der Waals surface area contributed by atoms with Crippen LogP contribution in [0.2, 0.25) is 0 Å². The van der Waals surface area contributed by atoms with Gasteiger partial charge in [-0.1, -0.05) is 36.4 Å². The predicted octanol–water partition coefficient (Wildman–Crippen LogP) is 4.11. The molecule has 0 radical (unpaired) electrons. The van der Waals surface area contributed by atoms with Crippen LogP contribution in [0.5, 0.6) is 0 Å². The first-order valence-corrected chi connectivity index (χ1v) is 7.36. The molecule has 0 fully saturated rings. The summed E-state index contributed by atoms with van der Waals surface area (Å²) in [5.74, 6) is 1.79. The zero-order chi connectivity index (χ0) is 14.9. The monoisotopic (exact) mass is 288 g/mol. The topological polar surface area (TPSA) is 32.3 Å². The smallest absolute Gasteiger partial charge is 0.178 e. The van der Waals surface area contributed by atoms with Gasteiger partial charge in [-0.2, -0.15) is 0 Å². The van der Waals surface area contributed by atoms with Crippen LogP contribution in [-0.4, -0.2) is 16.1 Å². The van der Waals surface area contributed by atoms with Crippen molar-refractivity contribution in [3.63, 3.8) is 0 Å². The van der Waals surface area contributed by atoms with Gasteiger partial charge >= 0.3 is 0 Å². The van der Waals surface area contributed by atoms with Crippen molar-refractivity contribution in [2.75, 3.05) is 9.80 Å². The molecule has 0 atom stereocenters. The highest BCUT2D eigenvalue weighted by molar-refractivity contribution is 5.82. The molecule has 4 rings (SSSR count). The van der Waals surface area contributed by atoms with Crippen molar-refractivity contribution in [2.45, 2.75) is 13.1 Å². The SMILES string of the molecule is CC1N(c2ccccc2)c2nccnc2N1c1ccccc1. The zero-order valence-electron chi connectivity index (χ0n) is 12.3. The lowest BCUT2D eigenvalue weighted by Gasteiger charge is -2.29. The van der Waals surface area contributed by atoms with E-state index in [1.54, 1.807) is 12.4 Å². The number of nitrogens with zero attached hydrogens (tertiary/aromatic N) is 4. The first kappa shape index (κ1) is 12.8. The van der Waals surface area contributed by atoms with Crippen molar-refractivity contribution in [3.05, 3.63) is 73.1 Å². The molecule has 0 unspecified atom stereocenters. The second-order valence-electron chi connectivity index (χ2n) is 5.25. The second kappa shape index (κ2) is 5.15. The quantitative estimate of drug-likeness (QED) is 0.710. The van der Waals surface area contributed by atoms with Gasteiger partial charge in [0, 0.05) is 23.8 Å². The average Bonchev–Trinajstić information content (AvgIpc) is 2.88. The number of rotatable bonds is 2. The normalized spacial score (nSPS) is 14.2. The van der Waals surface area contributed by atoms with Crippen molar-refractivity contribution in [1.82, 2.24) is 9.97 Å². The van der Waals surface area contributed by atoms with Crippen LogP contribution in [0.15, 0.2) is 73.1 Å². The molecular formula is C18H16N4. The molecule has 1 aliphatic rings. The summed E-state index contributed by atoms with van der Waals surface area (Å²) in [6.07, 6.45) is 3.61. The summed E-state index contributed by atoms with van der Waals surface area (Å²) in [5, 5.41) is 0. The summed E-state index contributed by atoms with van der Waals surface area (Å²) < 4.78 is 0. The van der Waals surface area contributed by atoms with E-state index in [0.717, 1.165) is 23.0 Å². The molecule has 0 bridgehead atoms. The zero-order valence-corrected chi connectivity index (χ0v) is 12.3. The highest BCUT2D eigenvalue weighted by atomic mass is 15.5. The van der Waals surface area contributed by atoms with E-state index in [-0.39, 0.29) is 6.17 Å². The minimum absolute atomic E-state index is 0.113. The minimum Gasteiger partial charge on any atom is -0.302 e. The van der Waals surface area contributed by atoms with Gasteiger partial charge in [-0.3, -0.25) is 0 Å². The third kappa shape index (κ3) is 1.92. The van der Waals surface area contributed by atoms with Gasteiger partial charge in [0.1, 0.15) is 6.17 Å². The standard InChI is InChI=1S/C18H16N4/c1-14-21(15-8-4-2-5-9-15)17-18(20-13-12-19-17)22(14)16-10-6-3-7-11-16/h2-14H,1H3. The molecule has 1 aliphatic heterocycles. The van der Waals surface area contributed by atoms with E-state index in [4.69, 9.17) is 0 Å². The fourth-order valence-electron chi connectivity index (χ4n) is 2.99. The van der Waals surface area contributed by atoms with Gasteiger partial charge in [0.25, 0.3) is 0 Å². The number of aromatic nitrogens is 2. The second-order valence-corrected chi connectivity index (χ2v) is 5.25. The van der Waals surface area contributed by atoms with Crippen molar-refractivity contribution in [2.24, 2.45) is 0 Å². The van der Waals surface area contributed by atoms with Crippen molar-refractivity contribution >= 4 is 23.0 Å². The molecule has 4 heteroatoms. The molecule has 0 N–H and O–H groups in total. The van der Waals surface area contributed by atoms with Gasteiger partial charge in [-0.25, -0.2) is 9.97 Å². The maximum absolute atomic E-state index is 4.56. The molecule has 2 aromatic carbocycles. The van der Waals surface area contributed by atoms with E-state index in [9.17, 15) is 0 Å². The maximum Gasteiger partial charge on any atom is 0.178 e. The third-order valence-corrected chi connectivity index (χ3v) is 3.93. The van der Waals surface area contributed by atoms with E-state index < -0.39 is 0 Å². The Balaban J connectivity index is 1.87. The van der Waals surface area contributed by atoms with Crippen molar-refractivity contribution < 1.29 is 0 Å². The highest BCUT2D eigenvalue weighted by Crippen LogP contribution is 2.44. The summed E-state index contributed by atoms with van der Waals surface area (Å²) >= 11 is 0. The van der Waals surface area contributed by atoms with E-state index in [0.29, 0.717) is 0 Å². The largest absolute Gasteiger partial charge is 0.302 e. The van der Waals surface area contributed by atoms with Gasteiger partial charge in [0.15, 0.2) is 11.6 Å². The fraction of sp³-hybridized carbons (Fsp3) is 0.111. The molecule has 0 saturated heterocycles. The Morgan fingerprint density at radius 2 is 1.09 bits per heavy atom. The van der Waals surface area contributed by atoms with Crippen LogP contribution in [0.4, 0.5) is 23.0 Å². The number of anilines is 4. The maximum atomic E-state index is 4.56. The molecule has 0 amide bonds. The predicted molar refractivity (Wildman–Crippen MR) is 88.7 cm³/mol. The third-order valence-electron chi connectivity index (χ3n) is 3.93. The van der Waals surface area contributed by atoms with Gasteiger partial charge < -0.3 is 9.80 Å². The number of fused-ring (bicyclic) bond motifs is 1. The molecule has 3 aromatic rings. The van der Waals surface area contributed by atoms with Crippen molar-refractivity contribution in [3.8, 4) is 0 Å². The number of hydrogen-bond donors (Lipinski definition) is 0.